The molecule has 0 aliphatic heterocycles. The minimum absolute atomic E-state index is 0.203. The van der Waals surface area contributed by atoms with E-state index in [1.165, 1.54) is 0 Å². The third-order valence-corrected chi connectivity index (χ3v) is 1.46. The summed E-state index contributed by atoms with van der Waals surface area (Å²) in [5, 5.41) is 8.21. The molecule has 0 radical (unpaired) electrons. The van der Waals surface area contributed by atoms with Gasteiger partial charge in [-0.05, 0) is 25.3 Å². The Morgan fingerprint density at radius 2 is 2.50 bits per heavy atom. The molecule has 0 saturated heterocycles. The van der Waals surface area contributed by atoms with Crippen LogP contribution in [0.3, 0.4) is 0 Å². The fraction of sp³-hybridized carbons (Fsp3) is 0.571. The third-order valence-electron chi connectivity index (χ3n) is 1.46. The van der Waals surface area contributed by atoms with Crippen molar-refractivity contribution in [1.82, 2.24) is 0 Å². The highest BCUT2D eigenvalue weighted by molar-refractivity contribution is 5.57. The molecule has 1 unspecified atom stereocenters. The SMILES string of the molecule is O=C(O)OC1C=CCCC1. The van der Waals surface area contributed by atoms with Gasteiger partial charge in [-0.2, -0.15) is 0 Å². The Morgan fingerprint density at radius 3 is 3.00 bits per heavy atom. The van der Waals surface area contributed by atoms with E-state index in [1.54, 1.807) is 6.08 Å². The van der Waals surface area contributed by atoms with E-state index in [9.17, 15) is 4.79 Å². The Balaban J connectivity index is 2.33. The highest BCUT2D eigenvalue weighted by Crippen LogP contribution is 2.13. The first-order chi connectivity index (χ1) is 4.79. The number of hydrogen-bond donors (Lipinski definition) is 1. The third kappa shape index (κ3) is 2.09. The van der Waals surface area contributed by atoms with Crippen molar-refractivity contribution in [3.8, 4) is 0 Å². The Labute approximate surface area is 59.3 Å². The molecule has 3 nitrogen and oxygen atoms in total. The molecule has 0 spiro atoms. The molecule has 1 rings (SSSR count). The lowest BCUT2D eigenvalue weighted by atomic mass is 10.1. The number of carboxylic acid groups (broad SMARTS) is 1. The summed E-state index contributed by atoms with van der Waals surface area (Å²) in [6, 6.07) is 0. The molecule has 0 amide bonds. The quantitative estimate of drug-likeness (QED) is 0.448. The average Bonchev–Trinajstić information content (AvgIpc) is 1.88. The standard InChI is InChI=1S/C7H10O3/c8-7(9)10-6-4-2-1-3-5-6/h2,4,6H,1,3,5H2,(H,8,9). The Hall–Kier alpha value is -0.990. The summed E-state index contributed by atoms with van der Waals surface area (Å²) in [6.07, 6.45) is 5.26. The molecule has 1 N–H and O–H groups in total. The maximum atomic E-state index is 10.0. The van der Waals surface area contributed by atoms with Crippen molar-refractivity contribution in [1.29, 1.82) is 0 Å². The van der Waals surface area contributed by atoms with Gasteiger partial charge in [-0.15, -0.1) is 0 Å². The fourth-order valence-electron chi connectivity index (χ4n) is 1.01. The van der Waals surface area contributed by atoms with Crippen molar-refractivity contribution >= 4 is 6.16 Å². The average molecular weight is 142 g/mol. The molecule has 1 aliphatic carbocycles. The summed E-state index contributed by atoms with van der Waals surface area (Å²) in [5.41, 5.74) is 0. The molecule has 1 atom stereocenters. The smallest absolute Gasteiger partial charge is 0.450 e. The molecular formula is C7H10O3. The van der Waals surface area contributed by atoms with Crippen LogP contribution in [0.2, 0.25) is 0 Å². The highest BCUT2D eigenvalue weighted by atomic mass is 16.7. The Morgan fingerprint density at radius 1 is 1.70 bits per heavy atom. The van der Waals surface area contributed by atoms with E-state index in [2.05, 4.69) is 4.74 Å². The van der Waals surface area contributed by atoms with Crippen LogP contribution in [0.15, 0.2) is 12.2 Å². The van der Waals surface area contributed by atoms with E-state index in [4.69, 9.17) is 5.11 Å². The first-order valence-corrected chi connectivity index (χ1v) is 3.35. The van der Waals surface area contributed by atoms with Crippen LogP contribution in [0.5, 0.6) is 0 Å². The normalized spacial score (nSPS) is 24.2. The van der Waals surface area contributed by atoms with Gasteiger partial charge in [0, 0.05) is 0 Å². The predicted molar refractivity (Wildman–Crippen MR) is 35.9 cm³/mol. The molecule has 0 aromatic heterocycles. The molecular weight excluding hydrogens is 132 g/mol. The van der Waals surface area contributed by atoms with Crippen LogP contribution >= 0.6 is 0 Å². The van der Waals surface area contributed by atoms with Crippen molar-refractivity contribution in [2.45, 2.75) is 25.4 Å². The zero-order valence-corrected chi connectivity index (χ0v) is 5.62. The van der Waals surface area contributed by atoms with E-state index in [-0.39, 0.29) is 6.10 Å². The molecule has 3 heteroatoms. The lowest BCUT2D eigenvalue weighted by molar-refractivity contribution is 0.0641. The summed E-state index contributed by atoms with van der Waals surface area (Å²) >= 11 is 0. The molecule has 0 bridgehead atoms. The van der Waals surface area contributed by atoms with Gasteiger partial charge in [0.2, 0.25) is 0 Å². The largest absolute Gasteiger partial charge is 0.506 e. The van der Waals surface area contributed by atoms with Crippen LogP contribution in [-0.4, -0.2) is 17.4 Å². The van der Waals surface area contributed by atoms with Gasteiger partial charge in [0.1, 0.15) is 6.10 Å². The number of ether oxygens (including phenoxy) is 1. The van der Waals surface area contributed by atoms with Gasteiger partial charge in [-0.25, -0.2) is 4.79 Å². The molecule has 1 aliphatic rings. The maximum Gasteiger partial charge on any atom is 0.506 e. The second-order valence-electron chi connectivity index (χ2n) is 2.28. The predicted octanol–water partition coefficient (Wildman–Crippen LogP) is 1.79. The van der Waals surface area contributed by atoms with Crippen molar-refractivity contribution < 1.29 is 14.6 Å². The summed E-state index contributed by atoms with van der Waals surface area (Å²) in [4.78, 5) is 10.0. The number of hydrogen-bond acceptors (Lipinski definition) is 2. The Bertz CT molecular complexity index is 151. The molecule has 0 heterocycles. The van der Waals surface area contributed by atoms with Gasteiger partial charge in [-0.3, -0.25) is 0 Å². The number of carbonyl (C=O) groups is 1. The van der Waals surface area contributed by atoms with Crippen LogP contribution in [0, 0.1) is 0 Å². The van der Waals surface area contributed by atoms with Crippen LogP contribution in [0.1, 0.15) is 19.3 Å². The first-order valence-electron chi connectivity index (χ1n) is 3.35. The summed E-state index contributed by atoms with van der Waals surface area (Å²) in [5.74, 6) is 0. The lowest BCUT2D eigenvalue weighted by Gasteiger charge is -2.14. The molecule has 0 aromatic carbocycles. The van der Waals surface area contributed by atoms with E-state index in [0.717, 1.165) is 19.3 Å². The van der Waals surface area contributed by atoms with Gasteiger partial charge < -0.3 is 9.84 Å². The van der Waals surface area contributed by atoms with Crippen molar-refractivity contribution in [3.63, 3.8) is 0 Å². The van der Waals surface area contributed by atoms with Crippen LogP contribution in [-0.2, 0) is 4.74 Å². The zero-order chi connectivity index (χ0) is 7.40. The summed E-state index contributed by atoms with van der Waals surface area (Å²) in [7, 11) is 0. The first kappa shape index (κ1) is 7.12. The van der Waals surface area contributed by atoms with Gasteiger partial charge >= 0.3 is 6.16 Å². The van der Waals surface area contributed by atoms with Crippen molar-refractivity contribution in [2.24, 2.45) is 0 Å². The van der Waals surface area contributed by atoms with Gasteiger partial charge in [0.05, 0.1) is 0 Å². The van der Waals surface area contributed by atoms with E-state index in [0.29, 0.717) is 0 Å². The minimum atomic E-state index is -1.18. The van der Waals surface area contributed by atoms with Gasteiger partial charge in [0.15, 0.2) is 0 Å². The van der Waals surface area contributed by atoms with Crippen molar-refractivity contribution in [3.05, 3.63) is 12.2 Å². The second kappa shape index (κ2) is 3.25. The highest BCUT2D eigenvalue weighted by Gasteiger charge is 2.11. The van der Waals surface area contributed by atoms with Gasteiger partial charge in [-0.1, -0.05) is 6.08 Å². The summed E-state index contributed by atoms with van der Waals surface area (Å²) < 4.78 is 4.52. The second-order valence-corrected chi connectivity index (χ2v) is 2.28. The van der Waals surface area contributed by atoms with Crippen molar-refractivity contribution in [2.75, 3.05) is 0 Å². The zero-order valence-electron chi connectivity index (χ0n) is 5.62. The monoisotopic (exact) mass is 142 g/mol. The molecule has 56 valence electrons. The van der Waals surface area contributed by atoms with Crippen LogP contribution < -0.4 is 0 Å². The fourth-order valence-corrected chi connectivity index (χ4v) is 1.01. The molecule has 0 fully saturated rings. The minimum Gasteiger partial charge on any atom is -0.450 e. The van der Waals surface area contributed by atoms with E-state index < -0.39 is 6.16 Å². The Kier molecular flexibility index (Phi) is 2.31. The van der Waals surface area contributed by atoms with E-state index in [1.807, 2.05) is 6.08 Å². The maximum absolute atomic E-state index is 10.0. The lowest BCUT2D eigenvalue weighted by Crippen LogP contribution is -2.15. The topological polar surface area (TPSA) is 46.5 Å². The molecule has 0 aromatic rings. The van der Waals surface area contributed by atoms with Gasteiger partial charge in [0.25, 0.3) is 0 Å². The number of rotatable bonds is 1. The number of allylic oxidation sites excluding steroid dienone is 1. The summed E-state index contributed by atoms with van der Waals surface area (Å²) in [6.45, 7) is 0. The van der Waals surface area contributed by atoms with E-state index >= 15 is 0 Å². The molecule has 10 heavy (non-hydrogen) atoms. The molecule has 0 saturated carbocycles. The van der Waals surface area contributed by atoms with Crippen LogP contribution in [0.25, 0.3) is 0 Å². The van der Waals surface area contributed by atoms with Crippen LogP contribution in [0.4, 0.5) is 4.79 Å².